The van der Waals surface area contributed by atoms with E-state index in [-0.39, 0.29) is 12.5 Å². The lowest BCUT2D eigenvalue weighted by Crippen LogP contribution is -2.22. The van der Waals surface area contributed by atoms with Gasteiger partial charge in [0.05, 0.1) is 6.54 Å². The number of amides is 1. The average molecular weight is 241 g/mol. The zero-order chi connectivity index (χ0) is 13.0. The van der Waals surface area contributed by atoms with E-state index in [0.29, 0.717) is 5.69 Å². The number of nitrogen functional groups attached to an aromatic ring is 1. The molecule has 0 atom stereocenters. The van der Waals surface area contributed by atoms with Gasteiger partial charge in [-0.1, -0.05) is 30.3 Å². The zero-order valence-corrected chi connectivity index (χ0v) is 9.89. The van der Waals surface area contributed by atoms with Crippen molar-refractivity contribution < 1.29 is 4.79 Å². The number of benzene rings is 2. The summed E-state index contributed by atoms with van der Waals surface area (Å²) in [7, 11) is 0. The van der Waals surface area contributed by atoms with Crippen molar-refractivity contribution >= 4 is 17.3 Å². The standard InChI is InChI=1S/C14H15N3O/c15-9-14(18)17-13-4-2-1-3-12(13)10-5-7-11(16)8-6-10/h1-8H,9,15-16H2,(H,17,18). The van der Waals surface area contributed by atoms with Crippen LogP contribution in [0.15, 0.2) is 48.5 Å². The van der Waals surface area contributed by atoms with Gasteiger partial charge in [0.25, 0.3) is 0 Å². The maximum Gasteiger partial charge on any atom is 0.238 e. The van der Waals surface area contributed by atoms with Crippen molar-refractivity contribution in [2.45, 2.75) is 0 Å². The third-order valence-electron chi connectivity index (χ3n) is 2.61. The molecule has 0 radical (unpaired) electrons. The SMILES string of the molecule is NCC(=O)Nc1ccccc1-c1ccc(N)cc1. The highest BCUT2D eigenvalue weighted by Gasteiger charge is 2.06. The van der Waals surface area contributed by atoms with Crippen molar-refractivity contribution in [1.82, 2.24) is 0 Å². The number of para-hydroxylation sites is 1. The predicted octanol–water partition coefficient (Wildman–Crippen LogP) is 1.83. The van der Waals surface area contributed by atoms with Crippen molar-refractivity contribution in [3.63, 3.8) is 0 Å². The van der Waals surface area contributed by atoms with Gasteiger partial charge in [-0.15, -0.1) is 0 Å². The summed E-state index contributed by atoms with van der Waals surface area (Å²) in [5.41, 5.74) is 14.4. The molecular formula is C14H15N3O. The number of nitrogens with one attached hydrogen (secondary N) is 1. The maximum atomic E-state index is 11.4. The van der Waals surface area contributed by atoms with E-state index in [9.17, 15) is 4.79 Å². The largest absolute Gasteiger partial charge is 0.399 e. The average Bonchev–Trinajstić information content (AvgIpc) is 2.40. The summed E-state index contributed by atoms with van der Waals surface area (Å²) in [4.78, 5) is 11.4. The van der Waals surface area contributed by atoms with E-state index in [1.165, 1.54) is 0 Å². The fourth-order valence-corrected chi connectivity index (χ4v) is 1.71. The molecule has 2 aromatic carbocycles. The molecule has 0 heterocycles. The second-order valence-corrected chi connectivity index (χ2v) is 3.92. The molecule has 0 aliphatic carbocycles. The lowest BCUT2D eigenvalue weighted by atomic mass is 10.0. The highest BCUT2D eigenvalue weighted by atomic mass is 16.1. The normalized spacial score (nSPS) is 10.1. The van der Waals surface area contributed by atoms with E-state index < -0.39 is 0 Å². The molecule has 0 saturated carbocycles. The number of nitrogens with two attached hydrogens (primary N) is 2. The second-order valence-electron chi connectivity index (χ2n) is 3.92. The van der Waals surface area contributed by atoms with Gasteiger partial charge >= 0.3 is 0 Å². The minimum atomic E-state index is -0.210. The van der Waals surface area contributed by atoms with E-state index >= 15 is 0 Å². The fraction of sp³-hybridized carbons (Fsp3) is 0.0714. The topological polar surface area (TPSA) is 81.1 Å². The van der Waals surface area contributed by atoms with Gasteiger partial charge in [-0.3, -0.25) is 4.79 Å². The van der Waals surface area contributed by atoms with Gasteiger partial charge in [-0.05, 0) is 23.8 Å². The lowest BCUT2D eigenvalue weighted by Gasteiger charge is -2.10. The summed E-state index contributed by atoms with van der Waals surface area (Å²) in [6.45, 7) is -0.0317. The molecule has 5 N–H and O–H groups in total. The highest BCUT2D eigenvalue weighted by molar-refractivity contribution is 5.96. The summed E-state index contributed by atoms with van der Waals surface area (Å²) in [5, 5.41) is 2.78. The van der Waals surface area contributed by atoms with Crippen LogP contribution in [0.5, 0.6) is 0 Å². The Hall–Kier alpha value is -2.33. The van der Waals surface area contributed by atoms with Crippen LogP contribution >= 0.6 is 0 Å². The molecule has 0 aromatic heterocycles. The second kappa shape index (κ2) is 5.33. The van der Waals surface area contributed by atoms with Crippen LogP contribution in [-0.4, -0.2) is 12.5 Å². The van der Waals surface area contributed by atoms with E-state index in [4.69, 9.17) is 11.5 Å². The number of hydrogen-bond donors (Lipinski definition) is 3. The molecule has 0 saturated heterocycles. The molecule has 0 spiro atoms. The molecule has 4 heteroatoms. The molecule has 0 aliphatic rings. The van der Waals surface area contributed by atoms with E-state index in [1.54, 1.807) is 0 Å². The predicted molar refractivity (Wildman–Crippen MR) is 74.0 cm³/mol. The Labute approximate surface area is 106 Å². The van der Waals surface area contributed by atoms with Crippen LogP contribution in [0.2, 0.25) is 0 Å². The third-order valence-corrected chi connectivity index (χ3v) is 2.61. The first-order chi connectivity index (χ1) is 8.70. The fourth-order valence-electron chi connectivity index (χ4n) is 1.71. The Kier molecular flexibility index (Phi) is 3.60. The molecular weight excluding hydrogens is 226 g/mol. The molecule has 92 valence electrons. The van der Waals surface area contributed by atoms with Crippen LogP contribution in [0.1, 0.15) is 0 Å². The minimum Gasteiger partial charge on any atom is -0.399 e. The first-order valence-electron chi connectivity index (χ1n) is 5.65. The van der Waals surface area contributed by atoms with E-state index in [1.807, 2.05) is 48.5 Å². The smallest absolute Gasteiger partial charge is 0.238 e. The number of carbonyl (C=O) groups is 1. The molecule has 2 rings (SSSR count). The quantitative estimate of drug-likeness (QED) is 0.717. The van der Waals surface area contributed by atoms with Gasteiger partial charge in [-0.25, -0.2) is 0 Å². The van der Waals surface area contributed by atoms with Crippen LogP contribution in [0, 0.1) is 0 Å². The Morgan fingerprint density at radius 2 is 1.72 bits per heavy atom. The van der Waals surface area contributed by atoms with Gasteiger partial charge in [0.15, 0.2) is 0 Å². The third kappa shape index (κ3) is 2.67. The van der Waals surface area contributed by atoms with Crippen LogP contribution in [0.4, 0.5) is 11.4 Å². The van der Waals surface area contributed by atoms with Gasteiger partial charge in [-0.2, -0.15) is 0 Å². The molecule has 0 fully saturated rings. The van der Waals surface area contributed by atoms with Gasteiger partial charge in [0.2, 0.25) is 5.91 Å². The Balaban J connectivity index is 2.38. The monoisotopic (exact) mass is 241 g/mol. The van der Waals surface area contributed by atoms with E-state index in [2.05, 4.69) is 5.32 Å². The Morgan fingerprint density at radius 1 is 1.06 bits per heavy atom. The summed E-state index contributed by atoms with van der Waals surface area (Å²) < 4.78 is 0. The molecule has 0 unspecified atom stereocenters. The summed E-state index contributed by atoms with van der Waals surface area (Å²) in [5.74, 6) is -0.210. The molecule has 1 amide bonds. The minimum absolute atomic E-state index is 0.0317. The Morgan fingerprint density at radius 3 is 2.39 bits per heavy atom. The Bertz CT molecular complexity index is 549. The van der Waals surface area contributed by atoms with Crippen molar-refractivity contribution in [3.05, 3.63) is 48.5 Å². The number of rotatable bonds is 3. The summed E-state index contributed by atoms with van der Waals surface area (Å²) in [6, 6.07) is 15.1. The van der Waals surface area contributed by atoms with Crippen LogP contribution in [-0.2, 0) is 4.79 Å². The summed E-state index contributed by atoms with van der Waals surface area (Å²) in [6.07, 6.45) is 0. The van der Waals surface area contributed by atoms with Crippen molar-refractivity contribution in [2.24, 2.45) is 5.73 Å². The van der Waals surface area contributed by atoms with Gasteiger partial charge in [0, 0.05) is 16.9 Å². The number of anilines is 2. The van der Waals surface area contributed by atoms with Crippen molar-refractivity contribution in [1.29, 1.82) is 0 Å². The van der Waals surface area contributed by atoms with E-state index in [0.717, 1.165) is 16.8 Å². The van der Waals surface area contributed by atoms with Crippen LogP contribution in [0.25, 0.3) is 11.1 Å². The molecule has 0 aliphatic heterocycles. The first kappa shape index (κ1) is 12.1. The highest BCUT2D eigenvalue weighted by Crippen LogP contribution is 2.28. The van der Waals surface area contributed by atoms with Crippen LogP contribution in [0.3, 0.4) is 0 Å². The van der Waals surface area contributed by atoms with Crippen LogP contribution < -0.4 is 16.8 Å². The van der Waals surface area contributed by atoms with Gasteiger partial charge < -0.3 is 16.8 Å². The molecule has 2 aromatic rings. The molecule has 18 heavy (non-hydrogen) atoms. The summed E-state index contributed by atoms with van der Waals surface area (Å²) >= 11 is 0. The van der Waals surface area contributed by atoms with Crippen molar-refractivity contribution in [3.8, 4) is 11.1 Å². The maximum absolute atomic E-state index is 11.4. The number of carbonyl (C=O) groups excluding carboxylic acids is 1. The van der Waals surface area contributed by atoms with Crippen molar-refractivity contribution in [2.75, 3.05) is 17.6 Å². The molecule has 4 nitrogen and oxygen atoms in total. The lowest BCUT2D eigenvalue weighted by molar-refractivity contribution is -0.114. The van der Waals surface area contributed by atoms with Gasteiger partial charge in [0.1, 0.15) is 0 Å². The zero-order valence-electron chi connectivity index (χ0n) is 9.89. The first-order valence-corrected chi connectivity index (χ1v) is 5.65. The molecule has 0 bridgehead atoms. The number of hydrogen-bond acceptors (Lipinski definition) is 3.